The number of ketones is 1. The molecule has 0 heterocycles. The Balaban J connectivity index is 0.000000557. The van der Waals surface area contributed by atoms with Crippen LogP contribution < -0.4 is 0 Å². The summed E-state index contributed by atoms with van der Waals surface area (Å²) in [6.07, 6.45) is 0. The van der Waals surface area contributed by atoms with Gasteiger partial charge in [0.2, 0.25) is 0 Å². The van der Waals surface area contributed by atoms with Crippen molar-refractivity contribution in [3.63, 3.8) is 0 Å². The number of Topliss-reactive ketones (excluding diaryl/α,β-unsaturated/α-hetero) is 1. The number of hydrogen-bond acceptors (Lipinski definition) is 3. The van der Waals surface area contributed by atoms with E-state index in [1.807, 2.05) is 44.2 Å². The first-order valence-electron chi connectivity index (χ1n) is 5.43. The van der Waals surface area contributed by atoms with E-state index >= 15 is 0 Å². The van der Waals surface area contributed by atoms with Gasteiger partial charge in [-0.05, 0) is 33.3 Å². The molecule has 1 rings (SSSR count). The molecule has 0 unspecified atom stereocenters. The molecule has 0 amide bonds. The summed E-state index contributed by atoms with van der Waals surface area (Å²) in [6, 6.07) is 9.62. The topological polar surface area (TPSA) is 43.4 Å². The molecule has 0 radical (unpaired) electrons. The highest BCUT2D eigenvalue weighted by molar-refractivity contribution is 5.82. The fourth-order valence-electron chi connectivity index (χ4n) is 1.23. The molecule has 0 aliphatic carbocycles. The summed E-state index contributed by atoms with van der Waals surface area (Å²) >= 11 is 0. The smallest absolute Gasteiger partial charge is 0.315 e. The third-order valence-electron chi connectivity index (χ3n) is 2.19. The highest BCUT2D eigenvalue weighted by Gasteiger charge is 2.30. The van der Waals surface area contributed by atoms with E-state index in [-0.39, 0.29) is 11.8 Å². The van der Waals surface area contributed by atoms with Crippen LogP contribution in [0.5, 0.6) is 0 Å². The number of carbonyl (C=O) groups is 2. The number of methoxy groups -OCH3 is 1. The summed E-state index contributed by atoms with van der Waals surface area (Å²) in [5, 5.41) is 0. The Hall–Kier alpha value is -1.64. The minimum Gasteiger partial charge on any atom is -0.468 e. The fourth-order valence-corrected chi connectivity index (χ4v) is 1.23. The Morgan fingerprint density at radius 2 is 1.47 bits per heavy atom. The Bertz CT molecular complexity index is 362. The van der Waals surface area contributed by atoms with Gasteiger partial charge in [0.25, 0.3) is 0 Å². The zero-order valence-corrected chi connectivity index (χ0v) is 11.1. The molecule has 0 atom stereocenters. The minimum atomic E-state index is -0.560. The minimum absolute atomic E-state index is 0.167. The van der Waals surface area contributed by atoms with Crippen molar-refractivity contribution in [3.05, 3.63) is 35.9 Å². The molecule has 0 aromatic heterocycles. The molecule has 17 heavy (non-hydrogen) atoms. The molecule has 3 heteroatoms. The van der Waals surface area contributed by atoms with Crippen LogP contribution in [-0.4, -0.2) is 18.9 Å². The van der Waals surface area contributed by atoms with Crippen LogP contribution in [0.1, 0.15) is 33.3 Å². The predicted molar refractivity (Wildman–Crippen MR) is 67.8 cm³/mol. The van der Waals surface area contributed by atoms with Crippen molar-refractivity contribution in [1.29, 1.82) is 0 Å². The first-order chi connectivity index (χ1) is 7.82. The number of esters is 1. The highest BCUT2D eigenvalue weighted by atomic mass is 16.5. The third kappa shape index (κ3) is 5.29. The monoisotopic (exact) mass is 236 g/mol. The molecular weight excluding hydrogens is 216 g/mol. The van der Waals surface area contributed by atoms with Gasteiger partial charge in [0.15, 0.2) is 0 Å². The SMILES string of the molecule is CC(C)=O.COC(=O)C(C)(C)c1ccccc1. The largest absolute Gasteiger partial charge is 0.468 e. The fraction of sp³-hybridized carbons (Fsp3) is 0.429. The van der Waals surface area contributed by atoms with E-state index in [0.717, 1.165) is 5.56 Å². The first kappa shape index (κ1) is 15.4. The van der Waals surface area contributed by atoms with Gasteiger partial charge >= 0.3 is 5.97 Å². The van der Waals surface area contributed by atoms with E-state index in [1.54, 1.807) is 0 Å². The highest BCUT2D eigenvalue weighted by Crippen LogP contribution is 2.23. The molecule has 1 aromatic carbocycles. The predicted octanol–water partition coefficient (Wildman–Crippen LogP) is 2.73. The van der Waals surface area contributed by atoms with E-state index in [4.69, 9.17) is 4.74 Å². The average molecular weight is 236 g/mol. The molecule has 0 bridgehead atoms. The van der Waals surface area contributed by atoms with Crippen molar-refractivity contribution >= 4 is 11.8 Å². The van der Waals surface area contributed by atoms with Gasteiger partial charge in [0, 0.05) is 0 Å². The molecular formula is C14H20O3. The van der Waals surface area contributed by atoms with Gasteiger partial charge in [0.05, 0.1) is 12.5 Å². The van der Waals surface area contributed by atoms with Crippen molar-refractivity contribution in [1.82, 2.24) is 0 Å². The van der Waals surface area contributed by atoms with E-state index in [2.05, 4.69) is 0 Å². The quantitative estimate of drug-likeness (QED) is 0.741. The van der Waals surface area contributed by atoms with Crippen molar-refractivity contribution in [2.24, 2.45) is 0 Å². The maximum absolute atomic E-state index is 11.4. The van der Waals surface area contributed by atoms with Crippen LogP contribution in [-0.2, 0) is 19.7 Å². The van der Waals surface area contributed by atoms with E-state index in [0.29, 0.717) is 0 Å². The maximum atomic E-state index is 11.4. The van der Waals surface area contributed by atoms with Crippen LogP contribution in [0.25, 0.3) is 0 Å². The van der Waals surface area contributed by atoms with Crippen LogP contribution in [0.4, 0.5) is 0 Å². The lowest BCUT2D eigenvalue weighted by atomic mass is 9.85. The number of rotatable bonds is 2. The lowest BCUT2D eigenvalue weighted by Crippen LogP contribution is -2.29. The van der Waals surface area contributed by atoms with Crippen molar-refractivity contribution < 1.29 is 14.3 Å². The summed E-state index contributed by atoms with van der Waals surface area (Å²) in [4.78, 5) is 20.9. The number of ether oxygens (including phenoxy) is 1. The normalized spacial score (nSPS) is 9.94. The zero-order valence-electron chi connectivity index (χ0n) is 11.1. The summed E-state index contributed by atoms with van der Waals surface area (Å²) < 4.78 is 4.73. The summed E-state index contributed by atoms with van der Waals surface area (Å²) in [5.41, 5.74) is 0.414. The van der Waals surface area contributed by atoms with Crippen LogP contribution in [0.2, 0.25) is 0 Å². The molecule has 3 nitrogen and oxygen atoms in total. The summed E-state index contributed by atoms with van der Waals surface area (Å²) in [6.45, 7) is 6.77. The van der Waals surface area contributed by atoms with Crippen molar-refractivity contribution in [2.45, 2.75) is 33.1 Å². The van der Waals surface area contributed by atoms with Gasteiger partial charge in [-0.1, -0.05) is 30.3 Å². The number of hydrogen-bond donors (Lipinski definition) is 0. The number of carbonyl (C=O) groups excluding carboxylic acids is 2. The van der Waals surface area contributed by atoms with E-state index in [1.165, 1.54) is 21.0 Å². The number of benzene rings is 1. The Kier molecular flexibility index (Phi) is 6.18. The standard InChI is InChI=1S/C11H14O2.C3H6O/c1-11(2,10(12)13-3)9-7-5-4-6-8-9;1-3(2)4/h4-8H,1-3H3;1-2H3. The van der Waals surface area contributed by atoms with Gasteiger partial charge in [-0.25, -0.2) is 0 Å². The molecule has 1 aromatic rings. The molecule has 0 saturated carbocycles. The summed E-state index contributed by atoms with van der Waals surface area (Å²) in [5.74, 6) is -0.0429. The zero-order chi connectivity index (χ0) is 13.5. The lowest BCUT2D eigenvalue weighted by molar-refractivity contribution is -0.146. The second-order valence-electron chi connectivity index (χ2n) is 4.39. The van der Waals surface area contributed by atoms with Crippen LogP contribution in [0, 0.1) is 0 Å². The molecule has 0 aliphatic rings. The molecule has 0 saturated heterocycles. The van der Waals surface area contributed by atoms with Crippen LogP contribution in [0.15, 0.2) is 30.3 Å². The average Bonchev–Trinajstić information content (AvgIpc) is 2.28. The Morgan fingerprint density at radius 3 is 1.82 bits per heavy atom. The Labute approximate surface area is 103 Å². The summed E-state index contributed by atoms with van der Waals surface area (Å²) in [7, 11) is 1.41. The van der Waals surface area contributed by atoms with Crippen LogP contribution in [0.3, 0.4) is 0 Å². The molecule has 0 aliphatic heterocycles. The Morgan fingerprint density at radius 1 is 1.06 bits per heavy atom. The van der Waals surface area contributed by atoms with E-state index < -0.39 is 5.41 Å². The van der Waals surface area contributed by atoms with Gasteiger partial charge in [0.1, 0.15) is 5.78 Å². The molecule has 0 fully saturated rings. The van der Waals surface area contributed by atoms with Gasteiger partial charge in [-0.15, -0.1) is 0 Å². The van der Waals surface area contributed by atoms with E-state index in [9.17, 15) is 9.59 Å². The lowest BCUT2D eigenvalue weighted by Gasteiger charge is -2.21. The molecule has 0 spiro atoms. The molecule has 0 N–H and O–H groups in total. The van der Waals surface area contributed by atoms with Crippen molar-refractivity contribution in [3.8, 4) is 0 Å². The second kappa shape index (κ2) is 6.84. The van der Waals surface area contributed by atoms with Gasteiger partial charge in [-0.3, -0.25) is 4.79 Å². The maximum Gasteiger partial charge on any atom is 0.315 e. The van der Waals surface area contributed by atoms with Crippen molar-refractivity contribution in [2.75, 3.05) is 7.11 Å². The van der Waals surface area contributed by atoms with Gasteiger partial charge < -0.3 is 9.53 Å². The second-order valence-corrected chi connectivity index (χ2v) is 4.39. The van der Waals surface area contributed by atoms with Gasteiger partial charge in [-0.2, -0.15) is 0 Å². The van der Waals surface area contributed by atoms with Crippen LogP contribution >= 0.6 is 0 Å². The molecule has 94 valence electrons. The first-order valence-corrected chi connectivity index (χ1v) is 5.43. The third-order valence-corrected chi connectivity index (χ3v) is 2.19.